The van der Waals surface area contributed by atoms with Crippen LogP contribution in [0.1, 0.15) is 47.8 Å². The van der Waals surface area contributed by atoms with Gasteiger partial charge in [0.25, 0.3) is 0 Å². The SMILES string of the molecule is CSc1nc(C)c(CCC(=O)N2CCC[C@H]2c2ccc(O)cc2)c(C)n1. The van der Waals surface area contributed by atoms with E-state index >= 15 is 0 Å². The van der Waals surface area contributed by atoms with E-state index in [2.05, 4.69) is 9.97 Å². The molecule has 1 atom stereocenters. The second-order valence-corrected chi connectivity index (χ2v) is 7.47. The number of aromatic nitrogens is 2. The molecule has 3 rings (SSSR count). The molecule has 0 unspecified atom stereocenters. The fraction of sp³-hybridized carbons (Fsp3) is 0.450. The quantitative estimate of drug-likeness (QED) is 0.639. The van der Waals surface area contributed by atoms with E-state index in [9.17, 15) is 9.90 Å². The minimum absolute atomic E-state index is 0.111. The summed E-state index contributed by atoms with van der Waals surface area (Å²) in [6.07, 6.45) is 5.09. The number of aromatic hydroxyl groups is 1. The van der Waals surface area contributed by atoms with Crippen molar-refractivity contribution in [1.29, 1.82) is 0 Å². The smallest absolute Gasteiger partial charge is 0.223 e. The molecule has 6 heteroatoms. The number of carbonyl (C=O) groups excluding carboxylic acids is 1. The average molecular weight is 372 g/mol. The topological polar surface area (TPSA) is 66.3 Å². The number of hydrogen-bond acceptors (Lipinski definition) is 5. The molecule has 2 aromatic rings. The van der Waals surface area contributed by atoms with Gasteiger partial charge < -0.3 is 10.0 Å². The first-order valence-electron chi connectivity index (χ1n) is 8.96. The number of phenolic OH excluding ortho intramolecular Hbond substituents is 1. The molecule has 2 heterocycles. The molecule has 0 saturated carbocycles. The Morgan fingerprint density at radius 2 is 1.88 bits per heavy atom. The summed E-state index contributed by atoms with van der Waals surface area (Å²) in [4.78, 5) is 23.8. The van der Waals surface area contributed by atoms with Crippen molar-refractivity contribution in [3.63, 3.8) is 0 Å². The molecule has 0 radical (unpaired) electrons. The van der Waals surface area contributed by atoms with Crippen LogP contribution in [0.4, 0.5) is 0 Å². The van der Waals surface area contributed by atoms with Crippen LogP contribution in [-0.4, -0.2) is 38.7 Å². The van der Waals surface area contributed by atoms with Gasteiger partial charge in [-0.15, -0.1) is 0 Å². The second kappa shape index (κ2) is 8.08. The zero-order chi connectivity index (χ0) is 18.7. The highest BCUT2D eigenvalue weighted by Crippen LogP contribution is 2.33. The molecule has 5 nitrogen and oxygen atoms in total. The van der Waals surface area contributed by atoms with Gasteiger partial charge in [-0.3, -0.25) is 4.79 Å². The molecule has 1 aliphatic rings. The van der Waals surface area contributed by atoms with Crippen molar-refractivity contribution in [3.8, 4) is 5.75 Å². The van der Waals surface area contributed by atoms with Crippen LogP contribution in [0.25, 0.3) is 0 Å². The van der Waals surface area contributed by atoms with E-state index < -0.39 is 0 Å². The maximum absolute atomic E-state index is 12.8. The van der Waals surface area contributed by atoms with E-state index in [0.29, 0.717) is 12.8 Å². The molecule has 0 spiro atoms. The van der Waals surface area contributed by atoms with E-state index in [1.165, 1.54) is 11.8 Å². The van der Waals surface area contributed by atoms with Crippen LogP contribution in [0.5, 0.6) is 5.75 Å². The number of carbonyl (C=O) groups is 1. The van der Waals surface area contributed by atoms with Crippen LogP contribution < -0.4 is 0 Å². The van der Waals surface area contributed by atoms with Crippen LogP contribution >= 0.6 is 11.8 Å². The molecule has 1 aliphatic heterocycles. The third-order valence-corrected chi connectivity index (χ3v) is 5.57. The fourth-order valence-electron chi connectivity index (χ4n) is 3.65. The highest BCUT2D eigenvalue weighted by Gasteiger charge is 2.29. The van der Waals surface area contributed by atoms with Crippen molar-refractivity contribution in [2.45, 2.75) is 50.7 Å². The fourth-order valence-corrected chi connectivity index (χ4v) is 4.10. The number of benzene rings is 1. The Hall–Kier alpha value is -2.08. The normalized spacial score (nSPS) is 16.9. The van der Waals surface area contributed by atoms with Gasteiger partial charge in [0, 0.05) is 24.4 Å². The van der Waals surface area contributed by atoms with E-state index in [1.807, 2.05) is 37.1 Å². The van der Waals surface area contributed by atoms with E-state index in [1.54, 1.807) is 12.1 Å². The van der Waals surface area contributed by atoms with Gasteiger partial charge in [0.05, 0.1) is 6.04 Å². The van der Waals surface area contributed by atoms with Gasteiger partial charge in [-0.25, -0.2) is 9.97 Å². The third-order valence-electron chi connectivity index (χ3n) is 5.02. The average Bonchev–Trinajstić information content (AvgIpc) is 3.11. The molecule has 26 heavy (non-hydrogen) atoms. The van der Waals surface area contributed by atoms with Gasteiger partial charge in [-0.1, -0.05) is 23.9 Å². The van der Waals surface area contributed by atoms with E-state index in [-0.39, 0.29) is 17.7 Å². The maximum Gasteiger partial charge on any atom is 0.223 e. The van der Waals surface area contributed by atoms with Crippen molar-refractivity contribution in [1.82, 2.24) is 14.9 Å². The number of nitrogens with zero attached hydrogens (tertiary/aromatic N) is 3. The Kier molecular flexibility index (Phi) is 5.81. The van der Waals surface area contributed by atoms with Gasteiger partial charge in [0.1, 0.15) is 5.75 Å². The first kappa shape index (κ1) is 18.7. The van der Waals surface area contributed by atoms with Crippen molar-refractivity contribution in [2.75, 3.05) is 12.8 Å². The van der Waals surface area contributed by atoms with Crippen LogP contribution in [0.2, 0.25) is 0 Å². The lowest BCUT2D eigenvalue weighted by molar-refractivity contribution is -0.132. The third kappa shape index (κ3) is 4.01. The van der Waals surface area contributed by atoms with E-state index in [0.717, 1.165) is 47.1 Å². The van der Waals surface area contributed by atoms with Gasteiger partial charge in [0.15, 0.2) is 5.16 Å². The molecule has 0 bridgehead atoms. The zero-order valence-corrected chi connectivity index (χ0v) is 16.3. The summed E-state index contributed by atoms with van der Waals surface area (Å²) in [6.45, 7) is 4.77. The summed E-state index contributed by atoms with van der Waals surface area (Å²) in [7, 11) is 0. The van der Waals surface area contributed by atoms with Gasteiger partial charge in [0.2, 0.25) is 5.91 Å². The van der Waals surface area contributed by atoms with Gasteiger partial charge in [-0.2, -0.15) is 0 Å². The highest BCUT2D eigenvalue weighted by atomic mass is 32.2. The minimum Gasteiger partial charge on any atom is -0.508 e. The number of amides is 1. The summed E-state index contributed by atoms with van der Waals surface area (Å²) in [5.74, 6) is 0.428. The van der Waals surface area contributed by atoms with Crippen LogP contribution in [0.15, 0.2) is 29.4 Å². The number of phenols is 1. The molecule has 1 saturated heterocycles. The summed E-state index contributed by atoms with van der Waals surface area (Å²) in [5, 5.41) is 10.3. The molecule has 1 aromatic carbocycles. The summed E-state index contributed by atoms with van der Waals surface area (Å²) >= 11 is 1.53. The predicted octanol–water partition coefficient (Wildman–Crippen LogP) is 3.82. The predicted molar refractivity (Wildman–Crippen MR) is 103 cm³/mol. The Balaban J connectivity index is 1.69. The number of rotatable bonds is 5. The van der Waals surface area contributed by atoms with Crippen LogP contribution in [0.3, 0.4) is 0 Å². The van der Waals surface area contributed by atoms with Crippen molar-refractivity contribution < 1.29 is 9.90 Å². The van der Waals surface area contributed by atoms with Gasteiger partial charge in [-0.05, 0) is 62.6 Å². The minimum atomic E-state index is 0.111. The first-order valence-corrected chi connectivity index (χ1v) is 10.2. The summed E-state index contributed by atoms with van der Waals surface area (Å²) in [6, 6.07) is 7.31. The lowest BCUT2D eigenvalue weighted by Crippen LogP contribution is -2.30. The lowest BCUT2D eigenvalue weighted by Gasteiger charge is -2.25. The van der Waals surface area contributed by atoms with Crippen molar-refractivity contribution >= 4 is 17.7 Å². The molecule has 1 aromatic heterocycles. The standard InChI is InChI=1S/C20H25N3O2S/c1-13-17(14(2)22-20(21-13)26-3)10-11-19(25)23-12-4-5-18(23)15-6-8-16(24)9-7-15/h6-9,18,24H,4-5,10-12H2,1-3H3/t18-/m0/s1. The van der Waals surface area contributed by atoms with Crippen LogP contribution in [0, 0.1) is 13.8 Å². The molecular formula is C20H25N3O2S. The summed E-state index contributed by atoms with van der Waals surface area (Å²) in [5.41, 5.74) is 4.10. The molecule has 1 N–H and O–H groups in total. The molecule has 1 fully saturated rings. The monoisotopic (exact) mass is 371 g/mol. The Labute approximate surface area is 158 Å². The molecule has 1 amide bonds. The van der Waals surface area contributed by atoms with Crippen LogP contribution in [-0.2, 0) is 11.2 Å². The second-order valence-electron chi connectivity index (χ2n) is 6.70. The van der Waals surface area contributed by atoms with Gasteiger partial charge >= 0.3 is 0 Å². The van der Waals surface area contributed by atoms with E-state index in [4.69, 9.17) is 0 Å². The maximum atomic E-state index is 12.8. The molecule has 138 valence electrons. The molecule has 0 aliphatic carbocycles. The number of aryl methyl sites for hydroxylation is 2. The number of hydrogen-bond donors (Lipinski definition) is 1. The molecular weight excluding hydrogens is 346 g/mol. The Morgan fingerprint density at radius 3 is 2.50 bits per heavy atom. The number of thioether (sulfide) groups is 1. The lowest BCUT2D eigenvalue weighted by atomic mass is 10.0. The Morgan fingerprint density at radius 1 is 1.23 bits per heavy atom. The highest BCUT2D eigenvalue weighted by molar-refractivity contribution is 7.98. The van der Waals surface area contributed by atoms with Crippen molar-refractivity contribution in [2.24, 2.45) is 0 Å². The zero-order valence-electron chi connectivity index (χ0n) is 15.5. The summed E-state index contributed by atoms with van der Waals surface area (Å²) < 4.78 is 0. The largest absolute Gasteiger partial charge is 0.508 e. The first-order chi connectivity index (χ1) is 12.5. The van der Waals surface area contributed by atoms with Crippen molar-refractivity contribution in [3.05, 3.63) is 46.8 Å². The number of likely N-dealkylation sites (tertiary alicyclic amines) is 1. The Bertz CT molecular complexity index is 769.